The second-order valence-corrected chi connectivity index (χ2v) is 5.40. The molecular weight excluding hydrogens is 241 g/mol. The fourth-order valence-corrected chi connectivity index (χ4v) is 2.23. The third kappa shape index (κ3) is 4.00. The summed E-state index contributed by atoms with van der Waals surface area (Å²) in [4.78, 5) is 0.708. The highest BCUT2D eigenvalue weighted by Gasteiger charge is 2.07. The molecular formula is C12H18FNS2. The molecule has 16 heavy (non-hydrogen) atoms. The lowest BCUT2D eigenvalue weighted by molar-refractivity contribution is 0.573. The van der Waals surface area contributed by atoms with Crippen molar-refractivity contribution in [2.75, 3.05) is 24.8 Å². The normalized spacial score (nSPS) is 12.8. The van der Waals surface area contributed by atoms with E-state index in [9.17, 15) is 4.39 Å². The van der Waals surface area contributed by atoms with Crippen molar-refractivity contribution in [3.05, 3.63) is 29.6 Å². The molecule has 1 unspecified atom stereocenters. The highest BCUT2D eigenvalue weighted by atomic mass is 32.2. The Balaban J connectivity index is 2.62. The molecule has 1 atom stereocenters. The van der Waals surface area contributed by atoms with E-state index in [1.54, 1.807) is 6.07 Å². The van der Waals surface area contributed by atoms with E-state index in [0.717, 1.165) is 17.9 Å². The molecule has 4 heteroatoms. The summed E-state index contributed by atoms with van der Waals surface area (Å²) >= 11 is 3.25. The van der Waals surface area contributed by atoms with Gasteiger partial charge in [0.1, 0.15) is 5.82 Å². The molecule has 0 heterocycles. The Morgan fingerprint density at radius 1 is 1.38 bits per heavy atom. The average molecular weight is 259 g/mol. The van der Waals surface area contributed by atoms with E-state index < -0.39 is 0 Å². The molecule has 0 aliphatic rings. The van der Waals surface area contributed by atoms with Crippen molar-refractivity contribution in [3.63, 3.8) is 0 Å². The molecule has 1 aromatic rings. The van der Waals surface area contributed by atoms with Gasteiger partial charge in [0.2, 0.25) is 0 Å². The van der Waals surface area contributed by atoms with Crippen LogP contribution in [0.15, 0.2) is 23.1 Å². The Hall–Kier alpha value is -0.190. The second kappa shape index (κ2) is 7.20. The Kier molecular flexibility index (Phi) is 6.24. The molecule has 1 N–H and O–H groups in total. The van der Waals surface area contributed by atoms with E-state index in [-0.39, 0.29) is 11.9 Å². The lowest BCUT2D eigenvalue weighted by Gasteiger charge is -2.14. The Morgan fingerprint density at radius 3 is 2.69 bits per heavy atom. The van der Waals surface area contributed by atoms with Gasteiger partial charge in [0.05, 0.1) is 0 Å². The molecule has 0 aliphatic heterocycles. The van der Waals surface area contributed by atoms with E-state index >= 15 is 0 Å². The smallest absolute Gasteiger partial charge is 0.137 e. The van der Waals surface area contributed by atoms with Crippen molar-refractivity contribution in [1.29, 1.82) is 0 Å². The second-order valence-electron chi connectivity index (χ2n) is 3.56. The molecule has 0 saturated heterocycles. The number of nitrogens with one attached hydrogen (secondary N) is 1. The van der Waals surface area contributed by atoms with Gasteiger partial charge in [0.15, 0.2) is 0 Å². The summed E-state index contributed by atoms with van der Waals surface area (Å²) in [5.41, 5.74) is 1.01. The molecule has 90 valence electrons. The number of hydrogen-bond donors (Lipinski definition) is 1. The maximum Gasteiger partial charge on any atom is 0.137 e. The van der Waals surface area contributed by atoms with Gasteiger partial charge in [-0.2, -0.15) is 11.8 Å². The summed E-state index contributed by atoms with van der Waals surface area (Å²) < 4.78 is 13.5. The van der Waals surface area contributed by atoms with Gasteiger partial charge in [0.25, 0.3) is 0 Å². The summed E-state index contributed by atoms with van der Waals surface area (Å²) in [6, 6.07) is 5.67. The quantitative estimate of drug-likeness (QED) is 0.620. The highest BCUT2D eigenvalue weighted by Crippen LogP contribution is 2.22. The zero-order valence-electron chi connectivity index (χ0n) is 9.92. The van der Waals surface area contributed by atoms with E-state index in [1.807, 2.05) is 30.2 Å². The van der Waals surface area contributed by atoms with Gasteiger partial charge in [-0.25, -0.2) is 4.39 Å². The monoisotopic (exact) mass is 259 g/mol. The van der Waals surface area contributed by atoms with Crippen LogP contribution in [0.3, 0.4) is 0 Å². The lowest BCUT2D eigenvalue weighted by Crippen LogP contribution is -2.21. The van der Waals surface area contributed by atoms with Crippen LogP contribution < -0.4 is 5.32 Å². The van der Waals surface area contributed by atoms with Crippen LogP contribution in [0.25, 0.3) is 0 Å². The molecule has 1 aromatic carbocycles. The Morgan fingerprint density at radius 2 is 2.12 bits per heavy atom. The van der Waals surface area contributed by atoms with Crippen LogP contribution in [0, 0.1) is 5.82 Å². The molecule has 0 aliphatic carbocycles. The SMILES string of the molecule is CSCCNC(C)c1ccc(SC)c(F)c1. The maximum absolute atomic E-state index is 13.5. The molecule has 0 bridgehead atoms. The highest BCUT2D eigenvalue weighted by molar-refractivity contribution is 7.98. The first-order valence-corrected chi connectivity index (χ1v) is 7.86. The van der Waals surface area contributed by atoms with Gasteiger partial charge in [-0.05, 0) is 37.1 Å². The van der Waals surface area contributed by atoms with Crippen LogP contribution in [-0.2, 0) is 0 Å². The molecule has 1 nitrogen and oxygen atoms in total. The van der Waals surface area contributed by atoms with Gasteiger partial charge in [0, 0.05) is 23.2 Å². The number of rotatable bonds is 6. The van der Waals surface area contributed by atoms with Crippen LogP contribution in [0.1, 0.15) is 18.5 Å². The minimum Gasteiger partial charge on any atom is -0.309 e. The third-order valence-corrected chi connectivity index (χ3v) is 3.82. The number of halogens is 1. The third-order valence-electron chi connectivity index (χ3n) is 2.43. The zero-order chi connectivity index (χ0) is 12.0. The summed E-state index contributed by atoms with van der Waals surface area (Å²) in [5.74, 6) is 0.957. The predicted molar refractivity (Wildman–Crippen MR) is 73.0 cm³/mol. The Labute approximate surface area is 106 Å². The van der Waals surface area contributed by atoms with Crippen molar-refractivity contribution in [3.8, 4) is 0 Å². The minimum absolute atomic E-state index is 0.122. The van der Waals surface area contributed by atoms with Crippen LogP contribution in [0.5, 0.6) is 0 Å². The van der Waals surface area contributed by atoms with Crippen LogP contribution in [0.4, 0.5) is 4.39 Å². The van der Waals surface area contributed by atoms with Crippen LogP contribution >= 0.6 is 23.5 Å². The number of benzene rings is 1. The van der Waals surface area contributed by atoms with Crippen molar-refractivity contribution in [2.24, 2.45) is 0 Å². The van der Waals surface area contributed by atoms with Crippen molar-refractivity contribution < 1.29 is 4.39 Å². The summed E-state index contributed by atoms with van der Waals surface area (Å²) in [5, 5.41) is 3.37. The first-order chi connectivity index (χ1) is 7.69. The van der Waals surface area contributed by atoms with Gasteiger partial charge in [-0.3, -0.25) is 0 Å². The average Bonchev–Trinajstić information content (AvgIpc) is 2.29. The number of thioether (sulfide) groups is 2. The lowest BCUT2D eigenvalue weighted by atomic mass is 10.1. The van der Waals surface area contributed by atoms with E-state index in [0.29, 0.717) is 4.90 Å². The van der Waals surface area contributed by atoms with Gasteiger partial charge in [-0.1, -0.05) is 6.07 Å². The zero-order valence-corrected chi connectivity index (χ0v) is 11.6. The van der Waals surface area contributed by atoms with Gasteiger partial charge >= 0.3 is 0 Å². The first kappa shape index (κ1) is 13.9. The molecule has 0 radical (unpaired) electrons. The standard InChI is InChI=1S/C12H18FNS2/c1-9(14-6-7-15-2)10-4-5-12(16-3)11(13)8-10/h4-5,8-9,14H,6-7H2,1-3H3. The molecule has 0 aromatic heterocycles. The number of hydrogen-bond acceptors (Lipinski definition) is 3. The van der Waals surface area contributed by atoms with E-state index in [4.69, 9.17) is 0 Å². The largest absolute Gasteiger partial charge is 0.309 e. The summed E-state index contributed by atoms with van der Waals surface area (Å²) in [7, 11) is 0. The van der Waals surface area contributed by atoms with Gasteiger partial charge < -0.3 is 5.32 Å². The molecule has 0 saturated carbocycles. The van der Waals surface area contributed by atoms with Gasteiger partial charge in [-0.15, -0.1) is 11.8 Å². The predicted octanol–water partition coefficient (Wildman–Crippen LogP) is 3.56. The van der Waals surface area contributed by atoms with Crippen molar-refractivity contribution >= 4 is 23.5 Å². The topological polar surface area (TPSA) is 12.0 Å². The fraction of sp³-hybridized carbons (Fsp3) is 0.500. The summed E-state index contributed by atoms with van der Waals surface area (Å²) in [6.45, 7) is 3.02. The molecule has 0 amide bonds. The molecule has 0 spiro atoms. The first-order valence-electron chi connectivity index (χ1n) is 5.24. The maximum atomic E-state index is 13.5. The fourth-order valence-electron chi connectivity index (χ4n) is 1.45. The molecule has 0 fully saturated rings. The van der Waals surface area contributed by atoms with E-state index in [2.05, 4.69) is 18.5 Å². The van der Waals surface area contributed by atoms with Crippen molar-refractivity contribution in [2.45, 2.75) is 17.9 Å². The van der Waals surface area contributed by atoms with Crippen LogP contribution in [0.2, 0.25) is 0 Å². The van der Waals surface area contributed by atoms with E-state index in [1.165, 1.54) is 11.8 Å². The van der Waals surface area contributed by atoms with Crippen molar-refractivity contribution in [1.82, 2.24) is 5.32 Å². The van der Waals surface area contributed by atoms with Crippen LogP contribution in [-0.4, -0.2) is 24.8 Å². The Bertz CT molecular complexity index is 331. The molecule has 1 rings (SSSR count). The minimum atomic E-state index is -0.122. The summed E-state index contributed by atoms with van der Waals surface area (Å²) in [6.07, 6.45) is 3.97.